The topological polar surface area (TPSA) is 77.2 Å². The van der Waals surface area contributed by atoms with Gasteiger partial charge in [0.25, 0.3) is 11.1 Å². The smallest absolute Gasteiger partial charge is 0.277 e. The Morgan fingerprint density at radius 1 is 1.12 bits per heavy atom. The van der Waals surface area contributed by atoms with Gasteiger partial charge < -0.3 is 4.42 Å². The first-order valence-corrected chi connectivity index (χ1v) is 8.74. The molecule has 0 fully saturated rings. The first kappa shape index (κ1) is 17.5. The fraction of sp³-hybridized carbons (Fsp3) is 0.118. The van der Waals surface area contributed by atoms with E-state index >= 15 is 0 Å². The van der Waals surface area contributed by atoms with Crippen molar-refractivity contribution in [1.29, 1.82) is 0 Å². The van der Waals surface area contributed by atoms with E-state index in [-0.39, 0.29) is 11.7 Å². The van der Waals surface area contributed by atoms with Gasteiger partial charge in [-0.3, -0.25) is 9.63 Å². The summed E-state index contributed by atoms with van der Waals surface area (Å²) in [7, 11) is 0. The molecule has 3 rings (SSSR count). The number of hydrogen-bond acceptors (Lipinski definition) is 6. The number of amides is 1. The minimum Gasteiger partial charge on any atom is -0.411 e. The lowest BCUT2D eigenvalue weighted by molar-refractivity contribution is -0.131. The number of thioether (sulfide) groups is 1. The normalized spacial score (nSPS) is 10.6. The van der Waals surface area contributed by atoms with Crippen LogP contribution < -0.4 is 5.48 Å². The van der Waals surface area contributed by atoms with Gasteiger partial charge in [-0.05, 0) is 29.8 Å². The van der Waals surface area contributed by atoms with E-state index in [1.54, 1.807) is 24.3 Å². The SMILES string of the molecule is O=C(CSc1nnc(-c2ccc(Cl)cc2)o1)NOCc1ccccc1. The molecule has 0 spiro atoms. The summed E-state index contributed by atoms with van der Waals surface area (Å²) in [5, 5.41) is 8.80. The van der Waals surface area contributed by atoms with Gasteiger partial charge >= 0.3 is 0 Å². The van der Waals surface area contributed by atoms with Gasteiger partial charge in [-0.1, -0.05) is 53.7 Å². The van der Waals surface area contributed by atoms with Crippen molar-refractivity contribution in [3.05, 3.63) is 65.2 Å². The van der Waals surface area contributed by atoms with Gasteiger partial charge in [0.1, 0.15) is 0 Å². The van der Waals surface area contributed by atoms with Gasteiger partial charge in [-0.2, -0.15) is 0 Å². The van der Waals surface area contributed by atoms with Crippen LogP contribution in [0.15, 0.2) is 64.2 Å². The molecule has 0 aliphatic rings. The third kappa shape index (κ3) is 5.32. The van der Waals surface area contributed by atoms with Crippen molar-refractivity contribution in [1.82, 2.24) is 15.7 Å². The van der Waals surface area contributed by atoms with E-state index in [1.165, 1.54) is 0 Å². The average molecular weight is 376 g/mol. The maximum atomic E-state index is 11.8. The van der Waals surface area contributed by atoms with Crippen LogP contribution in [0.1, 0.15) is 5.56 Å². The van der Waals surface area contributed by atoms with Crippen LogP contribution in [-0.4, -0.2) is 21.9 Å². The summed E-state index contributed by atoms with van der Waals surface area (Å²) < 4.78 is 5.51. The molecule has 0 saturated carbocycles. The van der Waals surface area contributed by atoms with Crippen molar-refractivity contribution in [3.63, 3.8) is 0 Å². The highest BCUT2D eigenvalue weighted by Crippen LogP contribution is 2.24. The lowest BCUT2D eigenvalue weighted by Crippen LogP contribution is -2.25. The second-order valence-corrected chi connectivity index (χ2v) is 6.33. The number of carbonyl (C=O) groups is 1. The van der Waals surface area contributed by atoms with E-state index in [4.69, 9.17) is 20.9 Å². The van der Waals surface area contributed by atoms with Gasteiger partial charge in [0.05, 0.1) is 12.4 Å². The Bertz CT molecular complexity index is 825. The molecule has 0 atom stereocenters. The van der Waals surface area contributed by atoms with Gasteiger partial charge in [0, 0.05) is 10.6 Å². The molecule has 25 heavy (non-hydrogen) atoms. The first-order valence-electron chi connectivity index (χ1n) is 7.37. The van der Waals surface area contributed by atoms with Gasteiger partial charge in [0.2, 0.25) is 5.89 Å². The van der Waals surface area contributed by atoms with Crippen molar-refractivity contribution in [2.45, 2.75) is 11.8 Å². The molecule has 1 N–H and O–H groups in total. The molecule has 1 amide bonds. The summed E-state index contributed by atoms with van der Waals surface area (Å²) in [6.45, 7) is 0.304. The molecule has 0 bridgehead atoms. The van der Waals surface area contributed by atoms with Crippen LogP contribution in [0.3, 0.4) is 0 Å². The van der Waals surface area contributed by atoms with Crippen LogP contribution in [0.25, 0.3) is 11.5 Å². The standard InChI is InChI=1S/C17H14ClN3O3S/c18-14-8-6-13(7-9-14)16-19-20-17(24-16)25-11-15(22)21-23-10-12-4-2-1-3-5-12/h1-9H,10-11H2,(H,21,22). The number of nitrogens with zero attached hydrogens (tertiary/aromatic N) is 2. The van der Waals surface area contributed by atoms with Crippen molar-refractivity contribution < 1.29 is 14.0 Å². The highest BCUT2D eigenvalue weighted by atomic mass is 35.5. The third-order valence-corrected chi connectivity index (χ3v) is 4.16. The Hall–Kier alpha value is -2.35. The zero-order valence-electron chi connectivity index (χ0n) is 13.0. The monoisotopic (exact) mass is 375 g/mol. The summed E-state index contributed by atoms with van der Waals surface area (Å²) in [6, 6.07) is 16.6. The highest BCUT2D eigenvalue weighted by molar-refractivity contribution is 7.99. The number of nitrogens with one attached hydrogen (secondary N) is 1. The molecule has 8 heteroatoms. The van der Waals surface area contributed by atoms with Crippen molar-refractivity contribution >= 4 is 29.3 Å². The molecule has 1 heterocycles. The predicted molar refractivity (Wildman–Crippen MR) is 94.8 cm³/mol. The molecule has 3 aromatic rings. The van der Waals surface area contributed by atoms with Crippen LogP contribution in [0, 0.1) is 0 Å². The fourth-order valence-corrected chi connectivity index (χ4v) is 2.58. The number of rotatable bonds is 7. The van der Waals surface area contributed by atoms with E-state index in [9.17, 15) is 4.79 Å². The number of halogens is 1. The van der Waals surface area contributed by atoms with E-state index < -0.39 is 0 Å². The molecular weight excluding hydrogens is 362 g/mol. The molecule has 1 aromatic heterocycles. The van der Waals surface area contributed by atoms with Crippen molar-refractivity contribution in [2.75, 3.05) is 5.75 Å². The second kappa shape index (κ2) is 8.66. The Morgan fingerprint density at radius 2 is 1.88 bits per heavy atom. The van der Waals surface area contributed by atoms with E-state index in [2.05, 4.69) is 15.7 Å². The number of aromatic nitrogens is 2. The highest BCUT2D eigenvalue weighted by Gasteiger charge is 2.11. The van der Waals surface area contributed by atoms with Crippen LogP contribution in [0.2, 0.25) is 5.02 Å². The van der Waals surface area contributed by atoms with E-state index in [0.717, 1.165) is 22.9 Å². The molecule has 0 unspecified atom stereocenters. The molecular formula is C17H14ClN3O3S. The minimum absolute atomic E-state index is 0.108. The Balaban J connectivity index is 1.44. The van der Waals surface area contributed by atoms with Crippen LogP contribution in [0.4, 0.5) is 0 Å². The zero-order valence-corrected chi connectivity index (χ0v) is 14.6. The molecule has 128 valence electrons. The fourth-order valence-electron chi connectivity index (χ4n) is 1.91. The second-order valence-electron chi connectivity index (χ2n) is 4.97. The average Bonchev–Trinajstić information content (AvgIpc) is 3.10. The Morgan fingerprint density at radius 3 is 2.64 bits per heavy atom. The van der Waals surface area contributed by atoms with Crippen LogP contribution in [-0.2, 0) is 16.2 Å². The van der Waals surface area contributed by atoms with Crippen molar-refractivity contribution in [3.8, 4) is 11.5 Å². The number of hydroxylamine groups is 1. The maximum absolute atomic E-state index is 11.8. The van der Waals surface area contributed by atoms with Gasteiger partial charge in [0.15, 0.2) is 0 Å². The molecule has 6 nitrogen and oxygen atoms in total. The minimum atomic E-state index is -0.285. The number of carbonyl (C=O) groups excluding carboxylic acids is 1. The molecule has 0 radical (unpaired) electrons. The summed E-state index contributed by atoms with van der Waals surface area (Å²) in [5.74, 6) is 0.198. The quantitative estimate of drug-likeness (QED) is 0.501. The molecule has 0 aliphatic carbocycles. The lowest BCUT2D eigenvalue weighted by atomic mass is 10.2. The van der Waals surface area contributed by atoms with E-state index in [1.807, 2.05) is 30.3 Å². The summed E-state index contributed by atoms with van der Waals surface area (Å²) >= 11 is 6.98. The van der Waals surface area contributed by atoms with Crippen LogP contribution in [0.5, 0.6) is 0 Å². The number of hydrogen-bond donors (Lipinski definition) is 1. The predicted octanol–water partition coefficient (Wildman–Crippen LogP) is 3.73. The molecule has 2 aromatic carbocycles. The van der Waals surface area contributed by atoms with Crippen LogP contribution >= 0.6 is 23.4 Å². The van der Waals surface area contributed by atoms with Gasteiger partial charge in [-0.25, -0.2) is 5.48 Å². The molecule has 0 saturated heterocycles. The first-order chi connectivity index (χ1) is 12.2. The summed E-state index contributed by atoms with van der Waals surface area (Å²) in [5.41, 5.74) is 4.12. The summed E-state index contributed by atoms with van der Waals surface area (Å²) in [6.07, 6.45) is 0. The largest absolute Gasteiger partial charge is 0.411 e. The maximum Gasteiger partial charge on any atom is 0.277 e. The Kier molecular flexibility index (Phi) is 6.05. The zero-order chi connectivity index (χ0) is 17.5. The van der Waals surface area contributed by atoms with Crippen molar-refractivity contribution in [2.24, 2.45) is 0 Å². The Labute approximate surface area is 153 Å². The third-order valence-electron chi connectivity index (χ3n) is 3.09. The lowest BCUT2D eigenvalue weighted by Gasteiger charge is -2.04. The summed E-state index contributed by atoms with van der Waals surface area (Å²) in [4.78, 5) is 16.9. The number of benzene rings is 2. The van der Waals surface area contributed by atoms with Gasteiger partial charge in [-0.15, -0.1) is 10.2 Å². The van der Waals surface area contributed by atoms with E-state index in [0.29, 0.717) is 22.7 Å². The molecule has 0 aliphatic heterocycles.